The van der Waals surface area contributed by atoms with Crippen molar-refractivity contribution >= 4 is 28.6 Å². The van der Waals surface area contributed by atoms with E-state index in [2.05, 4.69) is 42.9 Å². The molecule has 0 spiro atoms. The molecular weight excluding hydrogens is 589 g/mol. The highest BCUT2D eigenvalue weighted by molar-refractivity contribution is 14.1. The summed E-state index contributed by atoms with van der Waals surface area (Å²) in [7, 11) is 0. The smallest absolute Gasteiger partial charge is 0.428 e. The third-order valence-electron chi connectivity index (χ3n) is 6.08. The molecule has 2 amide bonds. The molecule has 1 aromatic heterocycles. The van der Waals surface area contributed by atoms with Gasteiger partial charge >= 0.3 is 18.6 Å². The largest absolute Gasteiger partial charge is 0.461 e. The van der Waals surface area contributed by atoms with E-state index in [1.54, 1.807) is 18.3 Å². The van der Waals surface area contributed by atoms with Crippen molar-refractivity contribution in [3.8, 4) is 5.75 Å². The second-order valence-corrected chi connectivity index (χ2v) is 9.89. The van der Waals surface area contributed by atoms with Crippen LogP contribution in [0.15, 0.2) is 72.9 Å². The van der Waals surface area contributed by atoms with E-state index in [0.29, 0.717) is 11.3 Å². The van der Waals surface area contributed by atoms with E-state index in [0.717, 1.165) is 28.4 Å². The fourth-order valence-corrected chi connectivity index (χ4v) is 4.36. The number of aromatic nitrogens is 1. The van der Waals surface area contributed by atoms with Crippen LogP contribution >= 0.6 is 22.6 Å². The Hall–Kier alpha value is -2.89. The van der Waals surface area contributed by atoms with Crippen LogP contribution in [0, 0.1) is 3.57 Å². The zero-order valence-electron chi connectivity index (χ0n) is 19.1. The van der Waals surface area contributed by atoms with Crippen LogP contribution in [0.2, 0.25) is 0 Å². The summed E-state index contributed by atoms with van der Waals surface area (Å²) >= 11 is 2.11. The lowest BCUT2D eigenvalue weighted by Gasteiger charge is -2.37. The molecule has 2 aromatic carbocycles. The quantitative estimate of drug-likeness (QED) is 0.221. The molecule has 1 saturated carbocycles. The van der Waals surface area contributed by atoms with Gasteiger partial charge in [-0.1, -0.05) is 42.5 Å². The number of ether oxygens (including phenoxy) is 1. The number of rotatable bonds is 9. The summed E-state index contributed by atoms with van der Waals surface area (Å²) in [5.74, 6) is -0.457. The van der Waals surface area contributed by atoms with E-state index in [9.17, 15) is 22.4 Å². The van der Waals surface area contributed by atoms with E-state index < -0.39 is 29.9 Å². The fourth-order valence-electron chi connectivity index (χ4n) is 4.05. The second kappa shape index (κ2) is 11.0. The Morgan fingerprint density at radius 2 is 1.83 bits per heavy atom. The van der Waals surface area contributed by atoms with Gasteiger partial charge in [0.05, 0.1) is 5.69 Å². The van der Waals surface area contributed by atoms with Crippen molar-refractivity contribution in [2.24, 2.45) is 0 Å². The molecule has 3 aromatic rings. The second-order valence-electron chi connectivity index (χ2n) is 8.65. The lowest BCUT2D eigenvalue weighted by Crippen LogP contribution is -2.55. The molecule has 0 aliphatic heterocycles. The highest BCUT2D eigenvalue weighted by atomic mass is 127. The van der Waals surface area contributed by atoms with E-state index in [4.69, 9.17) is 0 Å². The van der Waals surface area contributed by atoms with Gasteiger partial charge in [0.2, 0.25) is 0 Å². The number of nitrogens with one attached hydrogen (secondary N) is 2. The van der Waals surface area contributed by atoms with Gasteiger partial charge in [-0.25, -0.2) is 4.79 Å². The highest BCUT2D eigenvalue weighted by Gasteiger charge is 2.45. The summed E-state index contributed by atoms with van der Waals surface area (Å²) < 4.78 is 58.3. The van der Waals surface area contributed by atoms with Gasteiger partial charge in [0.15, 0.2) is 0 Å². The molecule has 1 aliphatic carbocycles. The third-order valence-corrected chi connectivity index (χ3v) is 6.72. The van der Waals surface area contributed by atoms with Crippen molar-refractivity contribution in [1.29, 1.82) is 0 Å². The summed E-state index contributed by atoms with van der Waals surface area (Å²) in [4.78, 5) is 17.7. The normalized spacial score (nSPS) is 15.6. The Labute approximate surface area is 219 Å². The number of hydrogen-bond donors (Lipinski definition) is 2. The summed E-state index contributed by atoms with van der Waals surface area (Å²) in [5.41, 5.74) is 0.324. The number of nitrogens with zero attached hydrogens (tertiary/aromatic N) is 1. The Morgan fingerprint density at radius 3 is 2.44 bits per heavy atom. The van der Waals surface area contributed by atoms with Crippen LogP contribution in [0.5, 0.6) is 5.75 Å². The van der Waals surface area contributed by atoms with Gasteiger partial charge in [-0.3, -0.25) is 4.98 Å². The van der Waals surface area contributed by atoms with Gasteiger partial charge < -0.3 is 15.4 Å². The van der Waals surface area contributed by atoms with Gasteiger partial charge in [-0.05, 0) is 77.2 Å². The number of benzene rings is 2. The first kappa shape index (κ1) is 26.2. The summed E-state index contributed by atoms with van der Waals surface area (Å²) in [6.07, 6.45) is -4.06. The lowest BCUT2D eigenvalue weighted by atomic mass is 9.80. The van der Waals surface area contributed by atoms with E-state index in [-0.39, 0.29) is 12.5 Å². The van der Waals surface area contributed by atoms with Gasteiger partial charge in [0.25, 0.3) is 0 Å². The molecule has 0 saturated heterocycles. The minimum atomic E-state index is -4.67. The SMILES string of the molecule is O=C(NC1CCC1)N[C@@](Cc1ccccc1)(c1cccc(OC(F)(F)C(F)F)c1)c1ccc(I)cn1. The molecule has 10 heteroatoms. The maximum absolute atomic E-state index is 13.7. The first-order chi connectivity index (χ1) is 17.2. The zero-order chi connectivity index (χ0) is 25.8. The average molecular weight is 613 g/mol. The number of urea groups is 1. The molecule has 1 atom stereocenters. The predicted octanol–water partition coefficient (Wildman–Crippen LogP) is 6.26. The monoisotopic (exact) mass is 613 g/mol. The molecule has 1 aliphatic rings. The van der Waals surface area contributed by atoms with Crippen LogP contribution in [0.4, 0.5) is 22.4 Å². The van der Waals surface area contributed by atoms with Crippen LogP contribution in [0.25, 0.3) is 0 Å². The number of carbonyl (C=O) groups is 1. The van der Waals surface area contributed by atoms with Crippen molar-refractivity contribution in [3.63, 3.8) is 0 Å². The Kier molecular flexibility index (Phi) is 8.01. The van der Waals surface area contributed by atoms with Crippen molar-refractivity contribution < 1.29 is 27.1 Å². The van der Waals surface area contributed by atoms with E-state index in [1.807, 2.05) is 36.4 Å². The topological polar surface area (TPSA) is 63.2 Å². The molecule has 4 rings (SSSR count). The molecule has 1 fully saturated rings. The Morgan fingerprint density at radius 1 is 1.08 bits per heavy atom. The molecular formula is C26H24F4IN3O2. The number of carbonyl (C=O) groups excluding carboxylic acids is 1. The number of alkyl halides is 4. The number of amides is 2. The number of halogens is 5. The molecule has 1 heterocycles. The zero-order valence-corrected chi connectivity index (χ0v) is 21.2. The van der Waals surface area contributed by atoms with Crippen LogP contribution in [0.1, 0.15) is 36.1 Å². The van der Waals surface area contributed by atoms with Crippen LogP contribution < -0.4 is 15.4 Å². The molecule has 190 valence electrons. The van der Waals surface area contributed by atoms with E-state index >= 15 is 0 Å². The molecule has 5 nitrogen and oxygen atoms in total. The molecule has 2 N–H and O–H groups in total. The summed E-state index contributed by atoms with van der Waals surface area (Å²) in [5, 5.41) is 5.98. The predicted molar refractivity (Wildman–Crippen MR) is 135 cm³/mol. The van der Waals surface area contributed by atoms with Gasteiger partial charge in [0, 0.05) is 22.2 Å². The third kappa shape index (κ3) is 6.08. The van der Waals surface area contributed by atoms with Gasteiger partial charge in [0.1, 0.15) is 11.3 Å². The summed E-state index contributed by atoms with van der Waals surface area (Å²) in [6, 6.07) is 17.9. The van der Waals surface area contributed by atoms with Crippen molar-refractivity contribution in [3.05, 3.63) is 93.3 Å². The Balaban J connectivity index is 1.82. The number of hydrogen-bond acceptors (Lipinski definition) is 3. The van der Waals surface area contributed by atoms with Crippen LogP contribution in [-0.2, 0) is 12.0 Å². The Bertz CT molecular complexity index is 1180. The van der Waals surface area contributed by atoms with Crippen molar-refractivity contribution in [1.82, 2.24) is 15.6 Å². The first-order valence-electron chi connectivity index (χ1n) is 11.4. The molecule has 0 radical (unpaired) electrons. The average Bonchev–Trinajstić information content (AvgIpc) is 2.82. The maximum atomic E-state index is 13.7. The molecule has 0 unspecified atom stereocenters. The van der Waals surface area contributed by atoms with Gasteiger partial charge in [-0.2, -0.15) is 17.6 Å². The van der Waals surface area contributed by atoms with Crippen LogP contribution in [0.3, 0.4) is 0 Å². The minimum Gasteiger partial charge on any atom is -0.428 e. The summed E-state index contributed by atoms with van der Waals surface area (Å²) in [6.45, 7) is 0. The standard InChI is InChI=1S/C26H24F4IN3O2/c27-23(28)26(29,30)36-21-11-4-8-18(14-21)25(15-17-6-2-1-3-7-17,22-13-12-19(31)16-32-22)34-24(35)33-20-9-5-10-20/h1-4,6-8,11-14,16,20,23H,5,9-10,15H2,(H2,33,34,35)/t25-/m0/s1. The molecule has 36 heavy (non-hydrogen) atoms. The number of pyridine rings is 1. The molecule has 0 bridgehead atoms. The van der Waals surface area contributed by atoms with Crippen molar-refractivity contribution in [2.45, 2.75) is 49.8 Å². The maximum Gasteiger partial charge on any atom is 0.461 e. The lowest BCUT2D eigenvalue weighted by molar-refractivity contribution is -0.253. The highest BCUT2D eigenvalue weighted by Crippen LogP contribution is 2.36. The van der Waals surface area contributed by atoms with Crippen molar-refractivity contribution in [2.75, 3.05) is 0 Å². The van der Waals surface area contributed by atoms with E-state index in [1.165, 1.54) is 18.2 Å². The first-order valence-corrected chi connectivity index (χ1v) is 12.5. The van der Waals surface area contributed by atoms with Crippen LogP contribution in [-0.4, -0.2) is 29.6 Å². The minimum absolute atomic E-state index is 0.0449. The fraction of sp³-hybridized carbons (Fsp3) is 0.308. The van der Waals surface area contributed by atoms with Gasteiger partial charge in [-0.15, -0.1) is 0 Å².